The number of nitrogens with one attached hydrogen (secondary N) is 1. The molecule has 1 N–H and O–H groups in total. The maximum atomic E-state index is 12.1. The highest BCUT2D eigenvalue weighted by Crippen LogP contribution is 2.18. The van der Waals surface area contributed by atoms with Crippen LogP contribution in [0.5, 0.6) is 0 Å². The molecule has 20 heavy (non-hydrogen) atoms. The molecule has 0 bridgehead atoms. The number of hydrogen-bond donors (Lipinski definition) is 1. The monoisotopic (exact) mass is 316 g/mol. The van der Waals surface area contributed by atoms with Crippen molar-refractivity contribution in [2.24, 2.45) is 5.92 Å². The molecule has 1 aromatic heterocycles. The van der Waals surface area contributed by atoms with Crippen LogP contribution in [0.1, 0.15) is 30.6 Å². The van der Waals surface area contributed by atoms with Crippen LogP contribution in [0.2, 0.25) is 0 Å². The first kappa shape index (κ1) is 17.5. The summed E-state index contributed by atoms with van der Waals surface area (Å²) in [5.41, 5.74) is 0. The molecule has 0 saturated carbocycles. The summed E-state index contributed by atoms with van der Waals surface area (Å²) in [7, 11) is 1.93. The first-order valence-corrected chi connectivity index (χ1v) is 8.10. The van der Waals surface area contributed by atoms with Gasteiger partial charge < -0.3 is 10.2 Å². The highest BCUT2D eigenvalue weighted by atomic mass is 35.5. The standard InChI is InChI=1S/C15H24N2OS.ClH/c1-17(11-8-14-3-2-12-19-14)15(18)5-4-13-6-9-16-10-7-13;/h2-3,12-13,16H,4-11H2,1H3;1H. The predicted molar refractivity (Wildman–Crippen MR) is 87.7 cm³/mol. The Kier molecular flexibility index (Phi) is 8.19. The molecule has 0 atom stereocenters. The lowest BCUT2D eigenvalue weighted by atomic mass is 9.93. The van der Waals surface area contributed by atoms with Gasteiger partial charge in [-0.2, -0.15) is 0 Å². The molecule has 0 spiro atoms. The van der Waals surface area contributed by atoms with Gasteiger partial charge in [0.05, 0.1) is 0 Å². The minimum Gasteiger partial charge on any atom is -0.345 e. The lowest BCUT2D eigenvalue weighted by molar-refractivity contribution is -0.130. The molecule has 1 aromatic rings. The minimum atomic E-state index is 0. The summed E-state index contributed by atoms with van der Waals surface area (Å²) in [5, 5.41) is 5.46. The molecule has 5 heteroatoms. The Balaban J connectivity index is 0.00000200. The number of carbonyl (C=O) groups excluding carboxylic acids is 1. The van der Waals surface area contributed by atoms with Crippen LogP contribution in [0.15, 0.2) is 17.5 Å². The van der Waals surface area contributed by atoms with Gasteiger partial charge in [0.15, 0.2) is 0 Å². The van der Waals surface area contributed by atoms with Gasteiger partial charge in [-0.25, -0.2) is 0 Å². The zero-order valence-corrected chi connectivity index (χ0v) is 13.8. The second kappa shape index (κ2) is 9.37. The SMILES string of the molecule is CN(CCc1cccs1)C(=O)CCC1CCNCC1.Cl. The second-order valence-corrected chi connectivity index (χ2v) is 6.41. The molecule has 3 nitrogen and oxygen atoms in total. The molecular formula is C15H25ClN2OS. The van der Waals surface area contributed by atoms with Crippen molar-refractivity contribution in [3.8, 4) is 0 Å². The summed E-state index contributed by atoms with van der Waals surface area (Å²) in [6.07, 6.45) is 5.21. The highest BCUT2D eigenvalue weighted by molar-refractivity contribution is 7.09. The smallest absolute Gasteiger partial charge is 0.222 e. The van der Waals surface area contributed by atoms with E-state index in [9.17, 15) is 4.79 Å². The first-order valence-electron chi connectivity index (χ1n) is 7.23. The number of nitrogens with zero attached hydrogens (tertiary/aromatic N) is 1. The van der Waals surface area contributed by atoms with E-state index in [1.807, 2.05) is 11.9 Å². The van der Waals surface area contributed by atoms with Crippen LogP contribution in [0.4, 0.5) is 0 Å². The van der Waals surface area contributed by atoms with Crippen molar-refractivity contribution in [2.45, 2.75) is 32.1 Å². The third kappa shape index (κ3) is 5.81. The Morgan fingerprint density at radius 3 is 2.85 bits per heavy atom. The van der Waals surface area contributed by atoms with Crippen molar-refractivity contribution >= 4 is 29.7 Å². The van der Waals surface area contributed by atoms with E-state index in [1.54, 1.807) is 11.3 Å². The van der Waals surface area contributed by atoms with E-state index in [-0.39, 0.29) is 12.4 Å². The third-order valence-electron chi connectivity index (χ3n) is 3.92. The van der Waals surface area contributed by atoms with Crippen LogP contribution in [0.25, 0.3) is 0 Å². The summed E-state index contributed by atoms with van der Waals surface area (Å²) < 4.78 is 0. The number of amides is 1. The Morgan fingerprint density at radius 2 is 2.20 bits per heavy atom. The molecule has 0 aromatic carbocycles. The number of halogens is 1. The van der Waals surface area contributed by atoms with E-state index in [0.717, 1.165) is 38.4 Å². The highest BCUT2D eigenvalue weighted by Gasteiger charge is 2.16. The fraction of sp³-hybridized carbons (Fsp3) is 0.667. The first-order chi connectivity index (χ1) is 9.25. The molecule has 1 amide bonds. The van der Waals surface area contributed by atoms with Gasteiger partial charge in [-0.05, 0) is 56.1 Å². The van der Waals surface area contributed by atoms with E-state index < -0.39 is 0 Å². The zero-order valence-electron chi connectivity index (χ0n) is 12.1. The summed E-state index contributed by atoms with van der Waals surface area (Å²) in [5.74, 6) is 1.05. The fourth-order valence-corrected chi connectivity index (χ4v) is 3.24. The molecule has 1 saturated heterocycles. The van der Waals surface area contributed by atoms with Crippen LogP contribution >= 0.6 is 23.7 Å². The summed E-state index contributed by atoms with van der Waals surface area (Å²) in [6, 6.07) is 4.21. The molecule has 1 aliphatic heterocycles. The molecule has 1 aliphatic rings. The molecule has 0 radical (unpaired) electrons. The van der Waals surface area contributed by atoms with Crippen molar-refractivity contribution in [1.29, 1.82) is 0 Å². The van der Waals surface area contributed by atoms with Crippen LogP contribution in [-0.4, -0.2) is 37.5 Å². The van der Waals surface area contributed by atoms with Gasteiger partial charge in [0.1, 0.15) is 0 Å². The van der Waals surface area contributed by atoms with E-state index >= 15 is 0 Å². The zero-order chi connectivity index (χ0) is 13.5. The van der Waals surface area contributed by atoms with Crippen molar-refractivity contribution < 1.29 is 4.79 Å². The van der Waals surface area contributed by atoms with Gasteiger partial charge in [0.2, 0.25) is 5.91 Å². The Labute approximate surface area is 132 Å². The fourth-order valence-electron chi connectivity index (χ4n) is 2.55. The van der Waals surface area contributed by atoms with Gasteiger partial charge in [-0.1, -0.05) is 6.07 Å². The molecule has 0 aliphatic carbocycles. The van der Waals surface area contributed by atoms with Gasteiger partial charge in [-0.15, -0.1) is 23.7 Å². The van der Waals surface area contributed by atoms with Gasteiger partial charge in [0, 0.05) is 24.9 Å². The van der Waals surface area contributed by atoms with Crippen molar-refractivity contribution in [2.75, 3.05) is 26.7 Å². The maximum absolute atomic E-state index is 12.1. The van der Waals surface area contributed by atoms with Crippen LogP contribution in [0.3, 0.4) is 0 Å². The van der Waals surface area contributed by atoms with Gasteiger partial charge in [0.25, 0.3) is 0 Å². The summed E-state index contributed by atoms with van der Waals surface area (Å²) >= 11 is 1.77. The topological polar surface area (TPSA) is 32.3 Å². The number of carbonyl (C=O) groups is 1. The third-order valence-corrected chi connectivity index (χ3v) is 4.86. The van der Waals surface area contributed by atoms with Gasteiger partial charge in [-0.3, -0.25) is 4.79 Å². The van der Waals surface area contributed by atoms with Crippen LogP contribution in [-0.2, 0) is 11.2 Å². The summed E-state index contributed by atoms with van der Waals surface area (Å²) in [4.78, 5) is 15.3. The molecule has 0 unspecified atom stereocenters. The minimum absolute atomic E-state index is 0. The average Bonchev–Trinajstić information content (AvgIpc) is 2.96. The largest absolute Gasteiger partial charge is 0.345 e. The average molecular weight is 317 g/mol. The number of thiophene rings is 1. The maximum Gasteiger partial charge on any atom is 0.222 e. The Morgan fingerprint density at radius 1 is 1.45 bits per heavy atom. The normalized spacial score (nSPS) is 15.7. The Bertz CT molecular complexity index is 377. The van der Waals surface area contributed by atoms with Crippen molar-refractivity contribution in [1.82, 2.24) is 10.2 Å². The molecule has 2 rings (SSSR count). The lowest BCUT2D eigenvalue weighted by Gasteiger charge is -2.23. The molecule has 114 valence electrons. The van der Waals surface area contributed by atoms with Crippen molar-refractivity contribution in [3.63, 3.8) is 0 Å². The van der Waals surface area contributed by atoms with E-state index in [4.69, 9.17) is 0 Å². The quantitative estimate of drug-likeness (QED) is 0.875. The predicted octanol–water partition coefficient (Wildman–Crippen LogP) is 2.95. The second-order valence-electron chi connectivity index (χ2n) is 5.38. The number of likely N-dealkylation sites (N-methyl/N-ethyl adjacent to an activating group) is 1. The number of rotatable bonds is 6. The van der Waals surface area contributed by atoms with E-state index in [2.05, 4.69) is 22.8 Å². The molecule has 1 fully saturated rings. The number of hydrogen-bond acceptors (Lipinski definition) is 3. The molecule has 2 heterocycles. The lowest BCUT2D eigenvalue weighted by Crippen LogP contribution is -2.31. The Hall–Kier alpha value is -0.580. The van der Waals surface area contributed by atoms with E-state index in [1.165, 1.54) is 17.7 Å². The van der Waals surface area contributed by atoms with E-state index in [0.29, 0.717) is 12.3 Å². The van der Waals surface area contributed by atoms with Gasteiger partial charge >= 0.3 is 0 Å². The van der Waals surface area contributed by atoms with Crippen LogP contribution < -0.4 is 5.32 Å². The van der Waals surface area contributed by atoms with Crippen LogP contribution in [0, 0.1) is 5.92 Å². The molecular weight excluding hydrogens is 292 g/mol. The number of piperidine rings is 1. The van der Waals surface area contributed by atoms with Crippen molar-refractivity contribution in [3.05, 3.63) is 22.4 Å². The summed E-state index contributed by atoms with van der Waals surface area (Å²) in [6.45, 7) is 3.08.